The van der Waals surface area contributed by atoms with Crippen LogP contribution in [0.3, 0.4) is 0 Å². The van der Waals surface area contributed by atoms with E-state index in [0.717, 1.165) is 25.7 Å². The summed E-state index contributed by atoms with van der Waals surface area (Å²) in [4.78, 5) is 29.6. The van der Waals surface area contributed by atoms with Crippen LogP contribution >= 0.6 is 23.2 Å². The van der Waals surface area contributed by atoms with Gasteiger partial charge in [0.1, 0.15) is 0 Å². The highest BCUT2D eigenvalue weighted by Gasteiger charge is 2.27. The molecule has 0 atom stereocenters. The average molecular weight is 431 g/mol. The second-order valence-electron chi connectivity index (χ2n) is 7.28. The predicted octanol–water partition coefficient (Wildman–Crippen LogP) is 5.48. The lowest BCUT2D eigenvalue weighted by Crippen LogP contribution is -2.30. The van der Waals surface area contributed by atoms with Crippen LogP contribution in [0.4, 0.5) is 0 Å². The SMILES string of the molecule is C=C/C=C\C(Cl)=C(/Cl)Cc1c(C2CCC(c3ccccc3)CC2)[nH]c(=O)[nH]c1=O. The quantitative estimate of drug-likeness (QED) is 0.595. The first-order chi connectivity index (χ1) is 14.0. The molecule has 3 rings (SSSR count). The number of aromatic nitrogens is 2. The lowest BCUT2D eigenvalue weighted by molar-refractivity contribution is 0.388. The average Bonchev–Trinajstić information content (AvgIpc) is 2.74. The molecule has 0 bridgehead atoms. The summed E-state index contributed by atoms with van der Waals surface area (Å²) in [5.41, 5.74) is 1.60. The first kappa shape index (κ1) is 21.4. The summed E-state index contributed by atoms with van der Waals surface area (Å²) in [6, 6.07) is 10.5. The van der Waals surface area contributed by atoms with Crippen LogP contribution in [0.5, 0.6) is 0 Å². The van der Waals surface area contributed by atoms with Gasteiger partial charge in [0.2, 0.25) is 0 Å². The third-order valence-electron chi connectivity index (χ3n) is 5.45. The number of H-pyrrole nitrogens is 2. The van der Waals surface area contributed by atoms with E-state index >= 15 is 0 Å². The van der Waals surface area contributed by atoms with Gasteiger partial charge in [-0.3, -0.25) is 9.78 Å². The summed E-state index contributed by atoms with van der Waals surface area (Å²) in [7, 11) is 0. The fourth-order valence-corrected chi connectivity index (χ4v) is 4.31. The molecule has 0 radical (unpaired) electrons. The Balaban J connectivity index is 1.85. The van der Waals surface area contributed by atoms with E-state index in [4.69, 9.17) is 23.2 Å². The highest BCUT2D eigenvalue weighted by atomic mass is 35.5. The first-order valence-electron chi connectivity index (χ1n) is 9.73. The molecule has 2 N–H and O–H groups in total. The predicted molar refractivity (Wildman–Crippen MR) is 120 cm³/mol. The molecule has 1 aliphatic carbocycles. The minimum absolute atomic E-state index is 0.118. The second kappa shape index (κ2) is 9.95. The molecule has 1 aromatic heterocycles. The standard InChI is InChI=1S/C23H24Cl2N2O2/c1-2-3-9-19(24)20(25)14-18-21(26-23(29)27-22(18)28)17-12-10-16(11-13-17)15-7-5-4-6-8-15/h2-9,16-17H,1,10-14H2,(H2,26,27,28,29)/b9-3-,20-19+. The van der Waals surface area contributed by atoms with E-state index in [9.17, 15) is 9.59 Å². The molecular formula is C23H24Cl2N2O2. The molecule has 1 saturated carbocycles. The van der Waals surface area contributed by atoms with Gasteiger partial charge < -0.3 is 4.98 Å². The first-order valence-corrected chi connectivity index (χ1v) is 10.5. The van der Waals surface area contributed by atoms with Crippen LogP contribution in [0.1, 0.15) is 54.3 Å². The lowest BCUT2D eigenvalue weighted by atomic mass is 9.76. The molecule has 1 aromatic carbocycles. The molecule has 2 aromatic rings. The molecule has 29 heavy (non-hydrogen) atoms. The minimum atomic E-state index is -0.489. The van der Waals surface area contributed by atoms with Crippen molar-refractivity contribution >= 4 is 23.2 Å². The van der Waals surface area contributed by atoms with Crippen LogP contribution in [0.2, 0.25) is 0 Å². The maximum absolute atomic E-state index is 12.5. The number of rotatable bonds is 6. The Hall–Kier alpha value is -2.30. The zero-order valence-corrected chi connectivity index (χ0v) is 17.6. The van der Waals surface area contributed by atoms with Gasteiger partial charge in [0.15, 0.2) is 0 Å². The number of halogens is 2. The zero-order valence-electron chi connectivity index (χ0n) is 16.1. The van der Waals surface area contributed by atoms with Crippen molar-refractivity contribution in [3.63, 3.8) is 0 Å². The largest absolute Gasteiger partial charge is 0.325 e. The van der Waals surface area contributed by atoms with E-state index in [1.807, 2.05) is 6.07 Å². The van der Waals surface area contributed by atoms with E-state index in [-0.39, 0.29) is 12.3 Å². The van der Waals surface area contributed by atoms with E-state index in [1.165, 1.54) is 5.56 Å². The maximum Gasteiger partial charge on any atom is 0.325 e. The number of hydrogen-bond acceptors (Lipinski definition) is 2. The van der Waals surface area contributed by atoms with E-state index < -0.39 is 11.2 Å². The molecule has 6 heteroatoms. The Bertz CT molecular complexity index is 1030. The van der Waals surface area contributed by atoms with Crippen molar-refractivity contribution in [2.75, 3.05) is 0 Å². The van der Waals surface area contributed by atoms with Gasteiger partial charge in [0.25, 0.3) is 5.56 Å². The maximum atomic E-state index is 12.5. The monoisotopic (exact) mass is 430 g/mol. The van der Waals surface area contributed by atoms with Crippen molar-refractivity contribution in [3.8, 4) is 0 Å². The molecule has 0 amide bonds. The number of aromatic amines is 2. The van der Waals surface area contributed by atoms with Crippen LogP contribution < -0.4 is 11.2 Å². The fourth-order valence-electron chi connectivity index (χ4n) is 3.98. The van der Waals surface area contributed by atoms with Gasteiger partial charge in [-0.1, -0.05) is 72.3 Å². The fraction of sp³-hybridized carbons (Fsp3) is 0.304. The van der Waals surface area contributed by atoms with Gasteiger partial charge in [-0.2, -0.15) is 0 Å². The molecule has 152 valence electrons. The number of nitrogens with one attached hydrogen (secondary N) is 2. The van der Waals surface area contributed by atoms with Gasteiger partial charge in [0.05, 0.1) is 5.03 Å². The van der Waals surface area contributed by atoms with Crippen LogP contribution in [-0.4, -0.2) is 9.97 Å². The Morgan fingerprint density at radius 2 is 1.69 bits per heavy atom. The molecule has 0 aliphatic heterocycles. The van der Waals surface area contributed by atoms with Crippen molar-refractivity contribution in [1.29, 1.82) is 0 Å². The zero-order chi connectivity index (χ0) is 20.8. The number of allylic oxidation sites excluding steroid dienone is 5. The van der Waals surface area contributed by atoms with Crippen LogP contribution in [0.15, 0.2) is 74.8 Å². The summed E-state index contributed by atoms with van der Waals surface area (Å²) >= 11 is 12.5. The number of benzene rings is 1. The van der Waals surface area contributed by atoms with Crippen LogP contribution in [0, 0.1) is 0 Å². The van der Waals surface area contributed by atoms with Crippen molar-refractivity contribution in [1.82, 2.24) is 9.97 Å². The van der Waals surface area contributed by atoms with Crippen LogP contribution in [-0.2, 0) is 6.42 Å². The van der Waals surface area contributed by atoms with E-state index in [1.54, 1.807) is 18.2 Å². The minimum Gasteiger partial charge on any atom is -0.311 e. The Labute approximate surface area is 180 Å². The Morgan fingerprint density at radius 3 is 2.34 bits per heavy atom. The second-order valence-corrected chi connectivity index (χ2v) is 8.15. The molecule has 4 nitrogen and oxygen atoms in total. The third kappa shape index (κ3) is 5.40. The summed E-state index contributed by atoms with van der Waals surface area (Å²) < 4.78 is 0. The third-order valence-corrected chi connectivity index (χ3v) is 6.24. The molecule has 1 aliphatic rings. The smallest absolute Gasteiger partial charge is 0.311 e. The summed E-state index contributed by atoms with van der Waals surface area (Å²) in [6.45, 7) is 3.60. The number of hydrogen-bond donors (Lipinski definition) is 2. The van der Waals surface area contributed by atoms with Gasteiger partial charge >= 0.3 is 5.69 Å². The summed E-state index contributed by atoms with van der Waals surface area (Å²) in [6.07, 6.45) is 8.88. The van der Waals surface area contributed by atoms with Crippen LogP contribution in [0.25, 0.3) is 0 Å². The van der Waals surface area contributed by atoms with Gasteiger partial charge in [-0.15, -0.1) is 0 Å². The molecule has 0 unspecified atom stereocenters. The molecular weight excluding hydrogens is 407 g/mol. The van der Waals surface area contributed by atoms with E-state index in [2.05, 4.69) is 40.8 Å². The highest BCUT2D eigenvalue weighted by molar-refractivity contribution is 6.40. The van der Waals surface area contributed by atoms with Gasteiger partial charge in [-0.25, -0.2) is 4.79 Å². The van der Waals surface area contributed by atoms with Crippen molar-refractivity contribution in [3.05, 3.63) is 103 Å². The lowest BCUT2D eigenvalue weighted by Gasteiger charge is -2.29. The normalized spacial score (nSPS) is 20.5. The summed E-state index contributed by atoms with van der Waals surface area (Å²) in [5, 5.41) is 0.692. The Morgan fingerprint density at radius 1 is 1.03 bits per heavy atom. The molecule has 0 saturated heterocycles. The van der Waals surface area contributed by atoms with Crippen molar-refractivity contribution in [2.24, 2.45) is 0 Å². The Kier molecular flexibility index (Phi) is 7.34. The molecule has 1 fully saturated rings. The van der Waals surface area contributed by atoms with Crippen molar-refractivity contribution < 1.29 is 0 Å². The highest BCUT2D eigenvalue weighted by Crippen LogP contribution is 2.40. The van der Waals surface area contributed by atoms with E-state index in [0.29, 0.717) is 27.2 Å². The van der Waals surface area contributed by atoms with Crippen molar-refractivity contribution in [2.45, 2.75) is 43.9 Å². The molecule has 0 spiro atoms. The topological polar surface area (TPSA) is 65.7 Å². The van der Waals surface area contributed by atoms with Gasteiger partial charge in [0, 0.05) is 22.7 Å². The summed E-state index contributed by atoms with van der Waals surface area (Å²) in [5.74, 6) is 0.624. The molecule has 1 heterocycles. The van der Waals surface area contributed by atoms with Gasteiger partial charge in [-0.05, 0) is 49.2 Å².